The van der Waals surface area contributed by atoms with Crippen LogP contribution in [0.4, 0.5) is 0 Å². The summed E-state index contributed by atoms with van der Waals surface area (Å²) in [4.78, 5) is 19.3. The second-order valence-corrected chi connectivity index (χ2v) is 6.01. The minimum absolute atomic E-state index is 0.128. The minimum Gasteiger partial charge on any atom is -0.379 e. The Labute approximate surface area is 139 Å². The Balaban J connectivity index is 1.62. The number of ether oxygens (including phenoxy) is 2. The van der Waals surface area contributed by atoms with Crippen molar-refractivity contribution in [1.29, 1.82) is 0 Å². The molecule has 2 aromatic heterocycles. The number of hydrogen-bond donors (Lipinski definition) is 2. The summed E-state index contributed by atoms with van der Waals surface area (Å²) in [6.07, 6.45) is 2.09. The summed E-state index contributed by atoms with van der Waals surface area (Å²) in [6.45, 7) is 6.99. The maximum absolute atomic E-state index is 12.3. The lowest BCUT2D eigenvalue weighted by Gasteiger charge is -2.31. The van der Waals surface area contributed by atoms with Crippen LogP contribution >= 0.6 is 0 Å². The first-order chi connectivity index (χ1) is 11.5. The molecule has 2 N–H and O–H groups in total. The summed E-state index contributed by atoms with van der Waals surface area (Å²) in [5.41, 5.74) is 2.60. The Hall–Kier alpha value is -2.19. The first kappa shape index (κ1) is 16.7. The number of nitrogens with zero attached hydrogens (tertiary/aromatic N) is 2. The Morgan fingerprint density at radius 3 is 2.96 bits per heavy atom. The van der Waals surface area contributed by atoms with Crippen LogP contribution in [0.1, 0.15) is 39.8 Å². The first-order valence-corrected chi connectivity index (χ1v) is 7.98. The predicted octanol–water partition coefficient (Wildman–Crippen LogP) is 1.43. The maximum atomic E-state index is 12.3. The van der Waals surface area contributed by atoms with Gasteiger partial charge in [0.2, 0.25) is 0 Å². The molecule has 1 fully saturated rings. The molecule has 0 saturated carbocycles. The summed E-state index contributed by atoms with van der Waals surface area (Å²) in [7, 11) is 0. The number of imidazole rings is 1. The summed E-state index contributed by atoms with van der Waals surface area (Å²) in [6, 6.07) is -0.128. The number of aryl methyl sites for hydroxylation is 3. The average molecular weight is 334 g/mol. The van der Waals surface area contributed by atoms with Crippen LogP contribution in [-0.4, -0.2) is 46.4 Å². The van der Waals surface area contributed by atoms with E-state index in [-0.39, 0.29) is 18.1 Å². The molecule has 1 aliphatic heterocycles. The van der Waals surface area contributed by atoms with Crippen LogP contribution in [-0.2, 0) is 16.1 Å². The van der Waals surface area contributed by atoms with Crippen LogP contribution < -0.4 is 5.32 Å². The summed E-state index contributed by atoms with van der Waals surface area (Å²) < 4.78 is 16.6. The molecular formula is C16H22N4O4. The second-order valence-electron chi connectivity index (χ2n) is 6.01. The van der Waals surface area contributed by atoms with E-state index in [9.17, 15) is 4.79 Å². The van der Waals surface area contributed by atoms with E-state index in [2.05, 4.69) is 20.4 Å². The van der Waals surface area contributed by atoms with Gasteiger partial charge in [-0.1, -0.05) is 5.16 Å². The summed E-state index contributed by atoms with van der Waals surface area (Å²) >= 11 is 0. The van der Waals surface area contributed by atoms with Crippen molar-refractivity contribution in [2.24, 2.45) is 0 Å². The van der Waals surface area contributed by atoms with Crippen molar-refractivity contribution in [3.8, 4) is 0 Å². The molecule has 2 aromatic rings. The van der Waals surface area contributed by atoms with Crippen molar-refractivity contribution in [3.63, 3.8) is 0 Å². The number of aromatic nitrogens is 3. The quantitative estimate of drug-likeness (QED) is 0.857. The van der Waals surface area contributed by atoms with Crippen LogP contribution in [0.25, 0.3) is 0 Å². The van der Waals surface area contributed by atoms with Gasteiger partial charge in [0, 0.05) is 24.1 Å². The number of carbonyl (C=O) groups is 1. The Morgan fingerprint density at radius 2 is 2.29 bits per heavy atom. The number of rotatable bonds is 5. The lowest BCUT2D eigenvalue weighted by Crippen LogP contribution is -2.50. The van der Waals surface area contributed by atoms with Crippen molar-refractivity contribution < 1.29 is 18.8 Å². The van der Waals surface area contributed by atoms with Gasteiger partial charge in [-0.3, -0.25) is 4.79 Å². The van der Waals surface area contributed by atoms with Gasteiger partial charge < -0.3 is 24.3 Å². The van der Waals surface area contributed by atoms with E-state index in [0.29, 0.717) is 32.1 Å². The monoisotopic (exact) mass is 334 g/mol. The molecule has 130 valence electrons. The van der Waals surface area contributed by atoms with Crippen molar-refractivity contribution >= 4 is 5.91 Å². The highest BCUT2D eigenvalue weighted by molar-refractivity contribution is 5.90. The van der Waals surface area contributed by atoms with E-state index in [1.54, 1.807) is 6.20 Å². The van der Waals surface area contributed by atoms with E-state index in [0.717, 1.165) is 22.7 Å². The van der Waals surface area contributed by atoms with Crippen molar-refractivity contribution in [2.45, 2.75) is 45.9 Å². The zero-order valence-electron chi connectivity index (χ0n) is 14.1. The largest absolute Gasteiger partial charge is 0.379 e. The Bertz CT molecular complexity index is 689. The molecule has 1 aliphatic rings. The lowest BCUT2D eigenvalue weighted by atomic mass is 10.1. The smallest absolute Gasteiger partial charge is 0.287 e. The van der Waals surface area contributed by atoms with E-state index in [1.165, 1.54) is 0 Å². The maximum Gasteiger partial charge on any atom is 0.287 e. The van der Waals surface area contributed by atoms with E-state index >= 15 is 0 Å². The molecule has 3 rings (SSSR count). The van der Waals surface area contributed by atoms with Crippen molar-refractivity contribution in [2.75, 3.05) is 13.2 Å². The van der Waals surface area contributed by atoms with Crippen LogP contribution in [0.2, 0.25) is 0 Å². The van der Waals surface area contributed by atoms with Gasteiger partial charge in [0.15, 0.2) is 5.82 Å². The van der Waals surface area contributed by atoms with Gasteiger partial charge in [0.25, 0.3) is 5.91 Å². The van der Waals surface area contributed by atoms with Crippen LogP contribution in [0.5, 0.6) is 0 Å². The standard InChI is InChI=1S/C16H22N4O4/c1-9-6-17-15(18-9)16(21)19-13-4-5-22-8-14(13)23-7-12-10(2)20-24-11(12)3/h6,13-14H,4-5,7-8H2,1-3H3,(H,17,18)(H,19,21)/t13-,14-/m1/s1. The Morgan fingerprint density at radius 1 is 1.46 bits per heavy atom. The van der Waals surface area contributed by atoms with Gasteiger partial charge in [-0.05, 0) is 27.2 Å². The van der Waals surface area contributed by atoms with Crippen molar-refractivity contribution in [1.82, 2.24) is 20.4 Å². The van der Waals surface area contributed by atoms with E-state index in [4.69, 9.17) is 14.0 Å². The van der Waals surface area contributed by atoms with Gasteiger partial charge in [-0.15, -0.1) is 0 Å². The molecule has 0 radical (unpaired) electrons. The molecule has 0 aliphatic carbocycles. The number of nitrogens with one attached hydrogen (secondary N) is 2. The molecule has 8 heteroatoms. The minimum atomic E-state index is -0.235. The fourth-order valence-corrected chi connectivity index (χ4v) is 2.70. The van der Waals surface area contributed by atoms with Crippen molar-refractivity contribution in [3.05, 3.63) is 34.7 Å². The topological polar surface area (TPSA) is 102 Å². The Kier molecular flexibility index (Phi) is 4.96. The molecular weight excluding hydrogens is 312 g/mol. The molecule has 3 heterocycles. The molecule has 0 spiro atoms. The highest BCUT2D eigenvalue weighted by atomic mass is 16.5. The molecule has 24 heavy (non-hydrogen) atoms. The predicted molar refractivity (Wildman–Crippen MR) is 84.6 cm³/mol. The molecule has 1 saturated heterocycles. The van der Waals surface area contributed by atoms with Gasteiger partial charge in [-0.25, -0.2) is 4.98 Å². The van der Waals surface area contributed by atoms with Crippen LogP contribution in [0.15, 0.2) is 10.7 Å². The number of carbonyl (C=O) groups excluding carboxylic acids is 1. The van der Waals surface area contributed by atoms with Gasteiger partial charge in [0.05, 0.1) is 24.9 Å². The zero-order valence-corrected chi connectivity index (χ0v) is 14.1. The highest BCUT2D eigenvalue weighted by Gasteiger charge is 2.29. The number of H-pyrrole nitrogens is 1. The fraction of sp³-hybridized carbons (Fsp3) is 0.562. The average Bonchev–Trinajstić information content (AvgIpc) is 3.13. The number of hydrogen-bond acceptors (Lipinski definition) is 6. The van der Waals surface area contributed by atoms with Gasteiger partial charge in [-0.2, -0.15) is 0 Å². The van der Waals surface area contributed by atoms with E-state index in [1.807, 2.05) is 20.8 Å². The van der Waals surface area contributed by atoms with Gasteiger partial charge >= 0.3 is 0 Å². The lowest BCUT2D eigenvalue weighted by molar-refractivity contribution is -0.0739. The summed E-state index contributed by atoms with van der Waals surface area (Å²) in [5, 5.41) is 6.90. The summed E-state index contributed by atoms with van der Waals surface area (Å²) in [5.74, 6) is 0.820. The fourth-order valence-electron chi connectivity index (χ4n) is 2.70. The van der Waals surface area contributed by atoms with Gasteiger partial charge in [0.1, 0.15) is 11.9 Å². The first-order valence-electron chi connectivity index (χ1n) is 7.98. The third-order valence-corrected chi connectivity index (χ3v) is 4.16. The molecule has 0 bridgehead atoms. The highest BCUT2D eigenvalue weighted by Crippen LogP contribution is 2.18. The van der Waals surface area contributed by atoms with E-state index < -0.39 is 0 Å². The molecule has 0 unspecified atom stereocenters. The third-order valence-electron chi connectivity index (χ3n) is 4.16. The normalized spacial score (nSPS) is 21.0. The molecule has 0 aromatic carbocycles. The molecule has 2 atom stereocenters. The van der Waals surface area contributed by atoms with Crippen LogP contribution in [0, 0.1) is 20.8 Å². The third kappa shape index (κ3) is 3.65. The van der Waals surface area contributed by atoms with Crippen LogP contribution in [0.3, 0.4) is 0 Å². The zero-order chi connectivity index (χ0) is 17.1. The SMILES string of the molecule is Cc1cnc(C(=O)N[C@@H]2CCOC[C@H]2OCc2c(C)noc2C)[nH]1. The molecule has 1 amide bonds. The number of aromatic amines is 1. The number of amides is 1. The molecule has 8 nitrogen and oxygen atoms in total. The second kappa shape index (κ2) is 7.14.